The Hall–Kier alpha value is -2.49. The fraction of sp³-hybridized carbons (Fsp3) is 0.125. The van der Waals surface area contributed by atoms with Crippen LogP contribution in [0.1, 0.15) is 17.3 Å². The zero-order chi connectivity index (χ0) is 19.5. The highest BCUT2D eigenvalue weighted by Crippen LogP contribution is 2.21. The molecule has 0 aliphatic carbocycles. The molecular formula is C16H14ClFN2O5S. The lowest BCUT2D eigenvalue weighted by molar-refractivity contribution is -0.123. The zero-order valence-electron chi connectivity index (χ0n) is 13.4. The van der Waals surface area contributed by atoms with Crippen LogP contribution in [0.25, 0.3) is 0 Å². The van der Waals surface area contributed by atoms with Gasteiger partial charge in [0.2, 0.25) is 10.0 Å². The van der Waals surface area contributed by atoms with E-state index in [4.69, 9.17) is 21.5 Å². The molecule has 1 atom stereocenters. The summed E-state index contributed by atoms with van der Waals surface area (Å²) in [7, 11) is -4.05. The Balaban J connectivity index is 2.14. The van der Waals surface area contributed by atoms with Gasteiger partial charge in [0, 0.05) is 0 Å². The van der Waals surface area contributed by atoms with Crippen molar-refractivity contribution in [3.8, 4) is 0 Å². The summed E-state index contributed by atoms with van der Waals surface area (Å²) in [5.41, 5.74) is -0.349. The van der Waals surface area contributed by atoms with Gasteiger partial charge in [0.15, 0.2) is 6.10 Å². The predicted octanol–water partition coefficient (Wildman–Crippen LogP) is 2.31. The number of halogens is 2. The number of hydrogen-bond acceptors (Lipinski definition) is 5. The average molecular weight is 401 g/mol. The van der Waals surface area contributed by atoms with Gasteiger partial charge in [0.05, 0.1) is 21.2 Å². The number of carbonyl (C=O) groups excluding carboxylic acids is 2. The van der Waals surface area contributed by atoms with Crippen LogP contribution in [-0.2, 0) is 19.6 Å². The minimum atomic E-state index is -4.05. The van der Waals surface area contributed by atoms with Gasteiger partial charge in [-0.2, -0.15) is 0 Å². The Morgan fingerprint density at radius 3 is 2.50 bits per heavy atom. The molecule has 0 bridgehead atoms. The molecule has 0 radical (unpaired) electrons. The minimum absolute atomic E-state index is 0.0744. The molecule has 0 heterocycles. The first-order valence-electron chi connectivity index (χ1n) is 7.18. The van der Waals surface area contributed by atoms with Crippen molar-refractivity contribution in [1.82, 2.24) is 0 Å². The summed E-state index contributed by atoms with van der Waals surface area (Å²) in [4.78, 5) is 23.9. The second kappa shape index (κ2) is 7.81. The molecule has 0 fully saturated rings. The second-order valence-corrected chi connectivity index (χ2v) is 7.17. The number of nitrogens with two attached hydrogens (primary N) is 1. The number of anilines is 1. The maximum atomic E-state index is 13.5. The van der Waals surface area contributed by atoms with E-state index >= 15 is 0 Å². The van der Waals surface area contributed by atoms with Crippen LogP contribution in [0.5, 0.6) is 0 Å². The normalized spacial score (nSPS) is 12.3. The number of esters is 1. The van der Waals surface area contributed by atoms with Crippen LogP contribution in [0.4, 0.5) is 10.1 Å². The highest BCUT2D eigenvalue weighted by molar-refractivity contribution is 7.89. The summed E-state index contributed by atoms with van der Waals surface area (Å²) in [5.74, 6) is -2.46. The van der Waals surface area contributed by atoms with Crippen LogP contribution >= 0.6 is 11.6 Å². The average Bonchev–Trinajstić information content (AvgIpc) is 2.56. The van der Waals surface area contributed by atoms with Crippen molar-refractivity contribution in [2.24, 2.45) is 5.14 Å². The van der Waals surface area contributed by atoms with Gasteiger partial charge in [0.1, 0.15) is 5.82 Å². The maximum absolute atomic E-state index is 13.5. The van der Waals surface area contributed by atoms with Gasteiger partial charge in [-0.1, -0.05) is 23.7 Å². The van der Waals surface area contributed by atoms with E-state index in [0.29, 0.717) is 0 Å². The lowest BCUT2D eigenvalue weighted by Crippen LogP contribution is -2.30. The van der Waals surface area contributed by atoms with Crippen molar-refractivity contribution in [3.63, 3.8) is 0 Å². The summed E-state index contributed by atoms with van der Waals surface area (Å²) in [6, 6.07) is 8.72. The summed E-state index contributed by atoms with van der Waals surface area (Å²) in [5, 5.41) is 7.20. The Morgan fingerprint density at radius 1 is 1.23 bits per heavy atom. The van der Waals surface area contributed by atoms with Crippen LogP contribution < -0.4 is 10.5 Å². The van der Waals surface area contributed by atoms with Crippen LogP contribution in [0.3, 0.4) is 0 Å². The van der Waals surface area contributed by atoms with E-state index in [1.54, 1.807) is 0 Å². The highest BCUT2D eigenvalue weighted by atomic mass is 35.5. The Morgan fingerprint density at radius 2 is 1.88 bits per heavy atom. The molecule has 2 rings (SSSR count). The zero-order valence-corrected chi connectivity index (χ0v) is 15.0. The van der Waals surface area contributed by atoms with E-state index < -0.39 is 33.8 Å². The van der Waals surface area contributed by atoms with Gasteiger partial charge in [-0.15, -0.1) is 0 Å². The number of benzene rings is 2. The topological polar surface area (TPSA) is 116 Å². The first kappa shape index (κ1) is 19.8. The smallest absolute Gasteiger partial charge is 0.340 e. The van der Waals surface area contributed by atoms with Gasteiger partial charge in [-0.05, 0) is 37.3 Å². The van der Waals surface area contributed by atoms with Crippen LogP contribution in [0.2, 0.25) is 5.02 Å². The van der Waals surface area contributed by atoms with Crippen LogP contribution in [-0.4, -0.2) is 26.4 Å². The molecule has 2 aromatic rings. The monoisotopic (exact) mass is 400 g/mol. The predicted molar refractivity (Wildman–Crippen MR) is 92.7 cm³/mol. The van der Waals surface area contributed by atoms with E-state index in [0.717, 1.165) is 18.2 Å². The summed E-state index contributed by atoms with van der Waals surface area (Å²) < 4.78 is 41.2. The van der Waals surface area contributed by atoms with Crippen molar-refractivity contribution >= 4 is 39.2 Å². The molecule has 3 N–H and O–H groups in total. The first-order chi connectivity index (χ1) is 12.1. The van der Waals surface area contributed by atoms with Crippen molar-refractivity contribution in [3.05, 3.63) is 58.9 Å². The number of carbonyl (C=O) groups is 2. The standard InChI is InChI=1S/C16H14ClFN2O5S/c1-9(15(21)20-14-5-3-2-4-13(14)18)25-16(22)11-8-10(26(19,23)24)6-7-12(11)17/h2-9H,1H3,(H,20,21)(H2,19,23,24)/t9-/m1/s1. The Labute approximate surface area is 154 Å². The molecule has 0 aliphatic heterocycles. The number of sulfonamides is 1. The highest BCUT2D eigenvalue weighted by Gasteiger charge is 2.23. The van der Waals surface area contributed by atoms with Gasteiger partial charge in [-0.3, -0.25) is 4.79 Å². The molecule has 2 aromatic carbocycles. The molecule has 1 amide bonds. The van der Waals surface area contributed by atoms with E-state index in [2.05, 4.69) is 5.32 Å². The van der Waals surface area contributed by atoms with Gasteiger partial charge in [0.25, 0.3) is 5.91 Å². The third-order valence-corrected chi connectivity index (χ3v) is 4.51. The largest absolute Gasteiger partial charge is 0.449 e. The minimum Gasteiger partial charge on any atom is -0.449 e. The molecule has 138 valence electrons. The van der Waals surface area contributed by atoms with Gasteiger partial charge < -0.3 is 10.1 Å². The molecule has 0 spiro atoms. The Bertz CT molecular complexity index is 965. The van der Waals surface area contributed by atoms with Crippen molar-refractivity contribution < 1.29 is 27.1 Å². The van der Waals surface area contributed by atoms with E-state index in [1.165, 1.54) is 31.2 Å². The fourth-order valence-corrected chi connectivity index (χ4v) is 2.65. The molecule has 0 aliphatic rings. The third kappa shape index (κ3) is 4.78. The lowest BCUT2D eigenvalue weighted by atomic mass is 10.2. The number of primary sulfonamides is 1. The molecule has 0 aromatic heterocycles. The Kier molecular flexibility index (Phi) is 5.96. The summed E-state index contributed by atoms with van der Waals surface area (Å²) in [6.45, 7) is 1.27. The first-order valence-corrected chi connectivity index (χ1v) is 9.10. The summed E-state index contributed by atoms with van der Waals surface area (Å²) >= 11 is 5.87. The molecule has 10 heteroatoms. The van der Waals surface area contributed by atoms with Crippen molar-refractivity contribution in [2.75, 3.05) is 5.32 Å². The van der Waals surface area contributed by atoms with Crippen molar-refractivity contribution in [1.29, 1.82) is 0 Å². The van der Waals surface area contributed by atoms with E-state index in [1.807, 2.05) is 0 Å². The molecular weight excluding hydrogens is 387 g/mol. The molecule has 0 unspecified atom stereocenters. The quantitative estimate of drug-likeness (QED) is 0.747. The summed E-state index contributed by atoms with van der Waals surface area (Å²) in [6.07, 6.45) is -1.30. The second-order valence-electron chi connectivity index (χ2n) is 5.20. The van der Waals surface area contributed by atoms with Gasteiger partial charge >= 0.3 is 5.97 Å². The fourth-order valence-electron chi connectivity index (χ4n) is 1.91. The van der Waals surface area contributed by atoms with Gasteiger partial charge in [-0.25, -0.2) is 22.7 Å². The molecule has 26 heavy (non-hydrogen) atoms. The lowest BCUT2D eigenvalue weighted by Gasteiger charge is -2.14. The number of ether oxygens (including phenoxy) is 1. The number of nitrogens with one attached hydrogen (secondary N) is 1. The van der Waals surface area contributed by atoms with Crippen LogP contribution in [0, 0.1) is 5.82 Å². The number of rotatable bonds is 5. The molecule has 0 saturated heterocycles. The van der Waals surface area contributed by atoms with E-state index in [9.17, 15) is 22.4 Å². The number of para-hydroxylation sites is 1. The third-order valence-electron chi connectivity index (χ3n) is 3.27. The molecule has 0 saturated carbocycles. The maximum Gasteiger partial charge on any atom is 0.340 e. The number of hydrogen-bond donors (Lipinski definition) is 2. The number of amides is 1. The van der Waals surface area contributed by atoms with E-state index in [-0.39, 0.29) is 21.2 Å². The molecule has 7 nitrogen and oxygen atoms in total. The SMILES string of the molecule is C[C@@H](OC(=O)c1cc(S(N)(=O)=O)ccc1Cl)C(=O)Nc1ccccc1F. The van der Waals surface area contributed by atoms with Crippen molar-refractivity contribution in [2.45, 2.75) is 17.9 Å². The van der Waals surface area contributed by atoms with Crippen LogP contribution in [0.15, 0.2) is 47.4 Å².